The summed E-state index contributed by atoms with van der Waals surface area (Å²) < 4.78 is 11.1. The van der Waals surface area contributed by atoms with E-state index in [1.165, 1.54) is 12.8 Å². The molecular formula is C18H28N2O3. The summed E-state index contributed by atoms with van der Waals surface area (Å²) in [6, 6.07) is 5.69. The average Bonchev–Trinajstić information content (AvgIpc) is 3.31. The smallest absolute Gasteiger partial charge is 0.234 e. The Morgan fingerprint density at radius 1 is 1.26 bits per heavy atom. The number of hydrogen-bond acceptors (Lipinski definition) is 4. The first-order chi connectivity index (χ1) is 11.0. The van der Waals surface area contributed by atoms with E-state index in [-0.39, 0.29) is 18.1 Å². The number of ether oxygens (including phenoxy) is 2. The summed E-state index contributed by atoms with van der Waals surface area (Å²) in [4.78, 5) is 12.0. The van der Waals surface area contributed by atoms with Crippen LogP contribution in [0.1, 0.15) is 45.2 Å². The van der Waals surface area contributed by atoms with Crippen LogP contribution in [0.2, 0.25) is 0 Å². The lowest BCUT2D eigenvalue weighted by Gasteiger charge is -2.18. The van der Waals surface area contributed by atoms with Crippen molar-refractivity contribution < 1.29 is 14.3 Å². The van der Waals surface area contributed by atoms with E-state index in [9.17, 15) is 4.79 Å². The number of carbonyl (C=O) groups is 1. The molecular weight excluding hydrogens is 292 g/mol. The van der Waals surface area contributed by atoms with E-state index < -0.39 is 0 Å². The molecule has 0 saturated heterocycles. The van der Waals surface area contributed by atoms with E-state index in [1.807, 2.05) is 39.0 Å². The van der Waals surface area contributed by atoms with Gasteiger partial charge in [0.15, 0.2) is 11.5 Å². The van der Waals surface area contributed by atoms with E-state index in [1.54, 1.807) is 7.11 Å². The third-order valence-electron chi connectivity index (χ3n) is 3.84. The van der Waals surface area contributed by atoms with Gasteiger partial charge < -0.3 is 20.1 Å². The number of hydrogen-bond donors (Lipinski definition) is 2. The highest BCUT2D eigenvalue weighted by Crippen LogP contribution is 2.31. The van der Waals surface area contributed by atoms with Gasteiger partial charge in [0.2, 0.25) is 5.91 Å². The number of benzene rings is 1. The summed E-state index contributed by atoms with van der Waals surface area (Å²) in [6.07, 6.45) is 2.66. The van der Waals surface area contributed by atoms with Gasteiger partial charge in [0.1, 0.15) is 0 Å². The van der Waals surface area contributed by atoms with Crippen molar-refractivity contribution in [3.05, 3.63) is 23.8 Å². The Morgan fingerprint density at radius 2 is 2.00 bits per heavy atom. The van der Waals surface area contributed by atoms with Gasteiger partial charge in [0.25, 0.3) is 0 Å². The number of carbonyl (C=O) groups excluding carboxylic acids is 1. The molecule has 0 radical (unpaired) electrons. The summed E-state index contributed by atoms with van der Waals surface area (Å²) in [7, 11) is 1.62. The van der Waals surface area contributed by atoms with Gasteiger partial charge in [-0.25, -0.2) is 0 Å². The van der Waals surface area contributed by atoms with Crippen LogP contribution in [0.3, 0.4) is 0 Å². The lowest BCUT2D eigenvalue weighted by atomic mass is 10.1. The van der Waals surface area contributed by atoms with Gasteiger partial charge in [-0.3, -0.25) is 4.79 Å². The third kappa shape index (κ3) is 5.75. The average molecular weight is 320 g/mol. The molecule has 1 aromatic carbocycles. The van der Waals surface area contributed by atoms with Crippen LogP contribution in [0.5, 0.6) is 11.5 Å². The number of amides is 1. The minimum atomic E-state index is -0.0766. The summed E-state index contributed by atoms with van der Waals surface area (Å²) in [5, 5.41) is 6.20. The maximum absolute atomic E-state index is 12.0. The topological polar surface area (TPSA) is 59.6 Å². The molecule has 5 nitrogen and oxygen atoms in total. The molecule has 0 bridgehead atoms. The molecule has 2 rings (SSSR count). The van der Waals surface area contributed by atoms with E-state index in [0.717, 1.165) is 23.8 Å². The van der Waals surface area contributed by atoms with Crippen molar-refractivity contribution in [1.82, 2.24) is 10.6 Å². The van der Waals surface area contributed by atoms with Crippen LogP contribution in [0.4, 0.5) is 0 Å². The highest BCUT2D eigenvalue weighted by Gasteiger charge is 2.21. The van der Waals surface area contributed by atoms with Gasteiger partial charge in [-0.05, 0) is 63.8 Å². The maximum Gasteiger partial charge on any atom is 0.234 e. The van der Waals surface area contributed by atoms with Crippen molar-refractivity contribution in [3.63, 3.8) is 0 Å². The lowest BCUT2D eigenvalue weighted by molar-refractivity contribution is -0.120. The molecule has 5 heteroatoms. The molecule has 1 aromatic rings. The van der Waals surface area contributed by atoms with Gasteiger partial charge in [-0.1, -0.05) is 6.07 Å². The van der Waals surface area contributed by atoms with E-state index in [4.69, 9.17) is 9.47 Å². The van der Waals surface area contributed by atoms with Crippen molar-refractivity contribution in [2.24, 2.45) is 5.92 Å². The fraction of sp³-hybridized carbons (Fsp3) is 0.611. The molecule has 1 saturated carbocycles. The van der Waals surface area contributed by atoms with Crippen LogP contribution >= 0.6 is 0 Å². The number of nitrogens with one attached hydrogen (secondary N) is 2. The Morgan fingerprint density at radius 3 is 2.61 bits per heavy atom. The molecule has 0 aliphatic heterocycles. The minimum Gasteiger partial charge on any atom is -0.493 e. The molecule has 1 unspecified atom stereocenters. The number of rotatable bonds is 9. The van der Waals surface area contributed by atoms with Gasteiger partial charge in [0.05, 0.1) is 25.8 Å². The first kappa shape index (κ1) is 17.6. The summed E-state index contributed by atoms with van der Waals surface area (Å²) >= 11 is 0. The van der Waals surface area contributed by atoms with Crippen LogP contribution in [-0.2, 0) is 4.79 Å². The predicted molar refractivity (Wildman–Crippen MR) is 90.9 cm³/mol. The second-order valence-electron chi connectivity index (χ2n) is 6.44. The minimum absolute atomic E-state index is 0.0135. The van der Waals surface area contributed by atoms with Crippen LogP contribution in [-0.4, -0.2) is 32.2 Å². The van der Waals surface area contributed by atoms with Crippen LogP contribution < -0.4 is 20.1 Å². The van der Waals surface area contributed by atoms with Crippen molar-refractivity contribution in [3.8, 4) is 11.5 Å². The van der Waals surface area contributed by atoms with Gasteiger partial charge >= 0.3 is 0 Å². The zero-order chi connectivity index (χ0) is 16.8. The normalized spacial score (nSPS) is 15.3. The van der Waals surface area contributed by atoms with Gasteiger partial charge in [0, 0.05) is 0 Å². The number of methoxy groups -OCH3 is 1. The molecule has 0 spiro atoms. The lowest BCUT2D eigenvalue weighted by Crippen LogP contribution is -2.36. The predicted octanol–water partition coefficient (Wildman–Crippen LogP) is 2.66. The highest BCUT2D eigenvalue weighted by atomic mass is 16.5. The van der Waals surface area contributed by atoms with Crippen LogP contribution in [0.15, 0.2) is 18.2 Å². The first-order valence-corrected chi connectivity index (χ1v) is 8.34. The zero-order valence-electron chi connectivity index (χ0n) is 14.5. The maximum atomic E-state index is 12.0. The van der Waals surface area contributed by atoms with Crippen molar-refractivity contribution in [1.29, 1.82) is 0 Å². The van der Waals surface area contributed by atoms with E-state index in [2.05, 4.69) is 10.6 Å². The highest BCUT2D eigenvalue weighted by molar-refractivity contribution is 5.78. The largest absolute Gasteiger partial charge is 0.493 e. The molecule has 1 atom stereocenters. The second kappa shape index (κ2) is 8.20. The molecule has 2 N–H and O–H groups in total. The summed E-state index contributed by atoms with van der Waals surface area (Å²) in [6.45, 7) is 7.23. The van der Waals surface area contributed by atoms with Gasteiger partial charge in [-0.2, -0.15) is 0 Å². The molecule has 128 valence electrons. The molecule has 23 heavy (non-hydrogen) atoms. The summed E-state index contributed by atoms with van der Waals surface area (Å²) in [5.74, 6) is 2.19. The van der Waals surface area contributed by atoms with E-state index >= 15 is 0 Å². The third-order valence-corrected chi connectivity index (χ3v) is 3.84. The van der Waals surface area contributed by atoms with Crippen LogP contribution in [0.25, 0.3) is 0 Å². The van der Waals surface area contributed by atoms with E-state index in [0.29, 0.717) is 12.3 Å². The first-order valence-electron chi connectivity index (χ1n) is 8.34. The van der Waals surface area contributed by atoms with Crippen molar-refractivity contribution in [2.75, 3.05) is 20.2 Å². The molecule has 0 aromatic heterocycles. The van der Waals surface area contributed by atoms with Crippen molar-refractivity contribution in [2.45, 2.75) is 45.8 Å². The Bertz CT molecular complexity index is 527. The SMILES string of the molecule is COc1cc(C(C)NC(=O)CNCC2CC2)ccc1OC(C)C. The van der Waals surface area contributed by atoms with Crippen molar-refractivity contribution >= 4 is 5.91 Å². The molecule has 1 aliphatic carbocycles. The fourth-order valence-corrected chi connectivity index (χ4v) is 2.39. The zero-order valence-corrected chi connectivity index (χ0v) is 14.5. The molecule has 1 fully saturated rings. The van der Waals surface area contributed by atoms with Gasteiger partial charge in [-0.15, -0.1) is 0 Å². The Hall–Kier alpha value is -1.75. The quantitative estimate of drug-likeness (QED) is 0.734. The second-order valence-corrected chi connectivity index (χ2v) is 6.44. The monoisotopic (exact) mass is 320 g/mol. The van der Waals surface area contributed by atoms with Crippen LogP contribution in [0, 0.1) is 5.92 Å². The molecule has 1 amide bonds. The Kier molecular flexibility index (Phi) is 6.28. The fourth-order valence-electron chi connectivity index (χ4n) is 2.39. The molecule has 1 aliphatic rings. The standard InChI is InChI=1S/C18H28N2O3/c1-12(2)23-16-8-7-15(9-17(16)22-4)13(3)20-18(21)11-19-10-14-5-6-14/h7-9,12-14,19H,5-6,10-11H2,1-4H3,(H,20,21). The Labute approximate surface area is 138 Å². The Balaban J connectivity index is 1.89. The summed E-state index contributed by atoms with van der Waals surface area (Å²) in [5.41, 5.74) is 0.994. The molecule has 0 heterocycles.